The van der Waals surface area contributed by atoms with Gasteiger partial charge in [-0.15, -0.1) is 0 Å². The van der Waals surface area contributed by atoms with Crippen LogP contribution in [0.25, 0.3) is 0 Å². The highest BCUT2D eigenvalue weighted by Gasteiger charge is 2.17. The Morgan fingerprint density at radius 1 is 1.21 bits per heavy atom. The molecule has 1 aromatic rings. The Balaban J connectivity index is 0.00000169. The fourth-order valence-corrected chi connectivity index (χ4v) is 1.94. The summed E-state index contributed by atoms with van der Waals surface area (Å²) in [6.07, 6.45) is 0. The predicted octanol–water partition coefficient (Wildman–Crippen LogP) is -0.639. The minimum atomic E-state index is -3.66. The van der Waals surface area contributed by atoms with Crippen LogP contribution in [0.3, 0.4) is 0 Å². The largest absolute Gasteiger partial charge is 0.480 e. The van der Waals surface area contributed by atoms with Crippen molar-refractivity contribution < 1.29 is 18.3 Å². The molecule has 1 N–H and O–H groups in total. The van der Waals surface area contributed by atoms with Crippen molar-refractivity contribution in [2.45, 2.75) is 4.90 Å². The molecule has 0 unspecified atom stereocenters. The van der Waals surface area contributed by atoms with Crippen LogP contribution in [0.1, 0.15) is 0 Å². The summed E-state index contributed by atoms with van der Waals surface area (Å²) in [7, 11) is -3.66. The maximum absolute atomic E-state index is 11.3. The molecule has 0 heterocycles. The Bertz CT molecular complexity index is 399. The van der Waals surface area contributed by atoms with Crippen LogP contribution in [0, 0.1) is 0 Å². The van der Waals surface area contributed by atoms with Gasteiger partial charge in [0.15, 0.2) is 33.0 Å². The number of hydrogen-bond donors (Lipinski definition) is 1. The number of rotatable bonds is 3. The lowest BCUT2D eigenvalue weighted by Gasteiger charge is -1.99. The molecule has 0 radical (unpaired) electrons. The van der Waals surface area contributed by atoms with E-state index in [1.807, 2.05) is 0 Å². The van der Waals surface area contributed by atoms with Crippen molar-refractivity contribution in [3.8, 4) is 0 Å². The Labute approximate surface area is 92.6 Å². The van der Waals surface area contributed by atoms with Crippen molar-refractivity contribution in [1.29, 1.82) is 0 Å². The van der Waals surface area contributed by atoms with Crippen molar-refractivity contribution in [2.24, 2.45) is 0 Å². The first-order chi connectivity index (χ1) is 6.02. The quantitative estimate of drug-likeness (QED) is 0.701. The SMILES string of the molecule is O=C(O)CS(=O)(=O)c1ccccc1.[AlH3]. The second kappa shape index (κ2) is 5.15. The lowest BCUT2D eigenvalue weighted by Crippen LogP contribution is -2.15. The zero-order valence-corrected chi connectivity index (χ0v) is 7.49. The molecule has 4 nitrogen and oxygen atoms in total. The summed E-state index contributed by atoms with van der Waals surface area (Å²) >= 11 is 0. The maximum Gasteiger partial charge on any atom is 0.319 e. The maximum atomic E-state index is 11.3. The Morgan fingerprint density at radius 3 is 2.14 bits per heavy atom. The minimum Gasteiger partial charge on any atom is -0.480 e. The number of carboxylic acids is 1. The van der Waals surface area contributed by atoms with Gasteiger partial charge in [-0.2, -0.15) is 0 Å². The lowest BCUT2D eigenvalue weighted by atomic mass is 10.4. The Kier molecular flexibility index (Phi) is 4.85. The summed E-state index contributed by atoms with van der Waals surface area (Å²) < 4.78 is 22.5. The third kappa shape index (κ3) is 3.50. The molecule has 0 saturated heterocycles. The molecule has 0 fully saturated rings. The third-order valence-corrected chi connectivity index (χ3v) is 3.03. The summed E-state index contributed by atoms with van der Waals surface area (Å²) in [5, 5.41) is 8.33. The van der Waals surface area contributed by atoms with Gasteiger partial charge in [-0.25, -0.2) is 8.42 Å². The fraction of sp³-hybridized carbons (Fsp3) is 0.125. The molecule has 0 atom stereocenters. The van der Waals surface area contributed by atoms with Gasteiger partial charge in [0, 0.05) is 0 Å². The number of benzene rings is 1. The zero-order valence-electron chi connectivity index (χ0n) is 6.67. The van der Waals surface area contributed by atoms with E-state index in [0.29, 0.717) is 0 Å². The summed E-state index contributed by atoms with van der Waals surface area (Å²) in [4.78, 5) is 10.2. The molecule has 0 saturated carbocycles. The van der Waals surface area contributed by atoms with E-state index in [4.69, 9.17) is 5.11 Å². The molecule has 6 heteroatoms. The molecule has 0 aliphatic rings. The van der Waals surface area contributed by atoms with Crippen LogP contribution in [-0.2, 0) is 14.6 Å². The molecule has 14 heavy (non-hydrogen) atoms. The normalized spacial score (nSPS) is 10.3. The van der Waals surface area contributed by atoms with Gasteiger partial charge in [0.25, 0.3) is 0 Å². The van der Waals surface area contributed by atoms with E-state index in [0.717, 1.165) is 0 Å². The number of sulfone groups is 1. The minimum absolute atomic E-state index is 0. The number of carboxylic acid groups (broad SMARTS) is 1. The van der Waals surface area contributed by atoms with Crippen LogP contribution in [0.5, 0.6) is 0 Å². The van der Waals surface area contributed by atoms with E-state index in [9.17, 15) is 13.2 Å². The van der Waals surface area contributed by atoms with Crippen molar-refractivity contribution >= 4 is 33.2 Å². The van der Waals surface area contributed by atoms with E-state index < -0.39 is 21.6 Å². The van der Waals surface area contributed by atoms with Gasteiger partial charge in [0.05, 0.1) is 4.90 Å². The van der Waals surface area contributed by atoms with Crippen molar-refractivity contribution in [3.63, 3.8) is 0 Å². The predicted molar refractivity (Wildman–Crippen MR) is 56.1 cm³/mol. The van der Waals surface area contributed by atoms with Gasteiger partial charge < -0.3 is 5.11 Å². The van der Waals surface area contributed by atoms with Crippen LogP contribution >= 0.6 is 0 Å². The first kappa shape index (κ1) is 13.2. The standard InChI is InChI=1S/C8H8O4S.Al.3H/c9-8(10)6-13(11,12)7-4-2-1-3-5-7;;;;/h1-5H,6H2,(H,9,10);;;;. The van der Waals surface area contributed by atoms with E-state index >= 15 is 0 Å². The zero-order chi connectivity index (χ0) is 9.90. The molecule has 0 spiro atoms. The van der Waals surface area contributed by atoms with Crippen LogP contribution < -0.4 is 0 Å². The molecule has 76 valence electrons. The third-order valence-electron chi connectivity index (χ3n) is 1.42. The van der Waals surface area contributed by atoms with E-state index in [-0.39, 0.29) is 22.3 Å². The van der Waals surface area contributed by atoms with E-state index in [1.54, 1.807) is 18.2 Å². The number of aliphatic carboxylic acids is 1. The summed E-state index contributed by atoms with van der Waals surface area (Å²) in [6, 6.07) is 7.51. The van der Waals surface area contributed by atoms with Gasteiger partial charge in [0.1, 0.15) is 0 Å². The Hall–Kier alpha value is -0.828. The molecule has 0 aliphatic carbocycles. The molecule has 0 bridgehead atoms. The number of hydrogen-bond acceptors (Lipinski definition) is 3. The molecule has 0 aromatic heterocycles. The van der Waals surface area contributed by atoms with Crippen molar-refractivity contribution in [2.75, 3.05) is 5.75 Å². The molecule has 0 amide bonds. The fourth-order valence-electron chi connectivity index (χ4n) is 0.874. The monoisotopic (exact) mass is 230 g/mol. The van der Waals surface area contributed by atoms with Crippen LogP contribution in [0.15, 0.2) is 35.2 Å². The smallest absolute Gasteiger partial charge is 0.319 e. The second-order valence-corrected chi connectivity index (χ2v) is 4.46. The van der Waals surface area contributed by atoms with Gasteiger partial charge in [-0.3, -0.25) is 4.79 Å². The highest BCUT2D eigenvalue weighted by Crippen LogP contribution is 2.09. The van der Waals surface area contributed by atoms with Gasteiger partial charge in [-0.1, -0.05) is 18.2 Å². The summed E-state index contributed by atoms with van der Waals surface area (Å²) in [5.41, 5.74) is 0. The summed E-state index contributed by atoms with van der Waals surface area (Å²) in [5.74, 6) is -2.21. The van der Waals surface area contributed by atoms with Gasteiger partial charge in [0.2, 0.25) is 0 Å². The number of carbonyl (C=O) groups is 1. The molecule has 1 rings (SSSR count). The first-order valence-corrected chi connectivity index (χ1v) is 5.17. The van der Waals surface area contributed by atoms with Crippen LogP contribution in [0.4, 0.5) is 0 Å². The molecular formula is C8H11AlO4S. The Morgan fingerprint density at radius 2 is 1.71 bits per heavy atom. The highest BCUT2D eigenvalue weighted by molar-refractivity contribution is 7.92. The topological polar surface area (TPSA) is 71.4 Å². The average molecular weight is 230 g/mol. The highest BCUT2D eigenvalue weighted by atomic mass is 32.2. The second-order valence-electron chi connectivity index (χ2n) is 2.47. The molecular weight excluding hydrogens is 219 g/mol. The summed E-state index contributed by atoms with van der Waals surface area (Å²) in [6.45, 7) is 0. The lowest BCUT2D eigenvalue weighted by molar-refractivity contribution is -0.134. The van der Waals surface area contributed by atoms with Gasteiger partial charge >= 0.3 is 5.97 Å². The van der Waals surface area contributed by atoms with E-state index in [1.165, 1.54) is 12.1 Å². The van der Waals surface area contributed by atoms with Crippen molar-refractivity contribution in [1.82, 2.24) is 0 Å². The molecule has 1 aromatic carbocycles. The van der Waals surface area contributed by atoms with Crippen LogP contribution in [-0.4, -0.2) is 42.6 Å². The van der Waals surface area contributed by atoms with E-state index in [2.05, 4.69) is 0 Å². The van der Waals surface area contributed by atoms with Crippen LogP contribution in [0.2, 0.25) is 0 Å². The average Bonchev–Trinajstić information content (AvgIpc) is 2.04. The van der Waals surface area contributed by atoms with Crippen molar-refractivity contribution in [3.05, 3.63) is 30.3 Å². The first-order valence-electron chi connectivity index (χ1n) is 3.52. The van der Waals surface area contributed by atoms with Gasteiger partial charge in [-0.05, 0) is 12.1 Å². The molecule has 0 aliphatic heterocycles.